The van der Waals surface area contributed by atoms with Gasteiger partial charge in [0.1, 0.15) is 5.69 Å². The molecule has 2 heterocycles. The Morgan fingerprint density at radius 3 is 3.00 bits per heavy atom. The van der Waals surface area contributed by atoms with Crippen molar-refractivity contribution in [2.24, 2.45) is 0 Å². The zero-order chi connectivity index (χ0) is 16.2. The highest BCUT2D eigenvalue weighted by Crippen LogP contribution is 2.30. The van der Waals surface area contributed by atoms with Gasteiger partial charge in [0.2, 0.25) is 0 Å². The summed E-state index contributed by atoms with van der Waals surface area (Å²) in [5.74, 6) is 0.0216. The first-order chi connectivity index (χ1) is 11.2. The zero-order valence-electron chi connectivity index (χ0n) is 13.5. The molecule has 5 heteroatoms. The van der Waals surface area contributed by atoms with Gasteiger partial charge >= 0.3 is 0 Å². The van der Waals surface area contributed by atoms with Gasteiger partial charge in [-0.2, -0.15) is 0 Å². The van der Waals surface area contributed by atoms with Crippen molar-refractivity contribution in [1.29, 1.82) is 0 Å². The Kier molecular flexibility index (Phi) is 5.23. The van der Waals surface area contributed by atoms with Gasteiger partial charge in [0.05, 0.1) is 5.02 Å². The fraction of sp³-hybridized carbons (Fsp3) is 0.500. The van der Waals surface area contributed by atoms with E-state index < -0.39 is 0 Å². The maximum Gasteiger partial charge on any atom is 0.272 e. The molecule has 124 valence electrons. The highest BCUT2D eigenvalue weighted by Gasteiger charge is 2.29. The summed E-state index contributed by atoms with van der Waals surface area (Å²) >= 11 is 6.45. The summed E-state index contributed by atoms with van der Waals surface area (Å²) in [6, 6.07) is 8.05. The number of carbonyl (C=O) groups excluding carboxylic acids is 1. The van der Waals surface area contributed by atoms with Crippen LogP contribution in [0.4, 0.5) is 0 Å². The minimum Gasteiger partial charge on any atom is -0.385 e. The molecule has 1 aromatic carbocycles. The second-order valence-electron chi connectivity index (χ2n) is 6.14. The van der Waals surface area contributed by atoms with Crippen molar-refractivity contribution in [2.75, 3.05) is 20.3 Å². The summed E-state index contributed by atoms with van der Waals surface area (Å²) < 4.78 is 5.14. The molecule has 1 amide bonds. The number of hydrogen-bond donors (Lipinski definition) is 1. The van der Waals surface area contributed by atoms with Crippen molar-refractivity contribution in [3.05, 3.63) is 35.0 Å². The highest BCUT2D eigenvalue weighted by molar-refractivity contribution is 6.38. The van der Waals surface area contributed by atoms with Crippen LogP contribution in [-0.2, 0) is 4.74 Å². The number of piperidine rings is 1. The fourth-order valence-corrected chi connectivity index (χ4v) is 3.72. The van der Waals surface area contributed by atoms with Gasteiger partial charge in [-0.05, 0) is 38.2 Å². The minimum absolute atomic E-state index is 0.0216. The van der Waals surface area contributed by atoms with Crippen molar-refractivity contribution in [3.8, 4) is 0 Å². The molecule has 0 spiro atoms. The molecule has 3 rings (SSSR count). The maximum absolute atomic E-state index is 13.0. The Morgan fingerprint density at radius 1 is 1.39 bits per heavy atom. The molecule has 1 fully saturated rings. The number of aromatic amines is 1. The molecular weight excluding hydrogens is 312 g/mol. The number of carbonyl (C=O) groups is 1. The van der Waals surface area contributed by atoms with Gasteiger partial charge in [-0.1, -0.05) is 29.8 Å². The lowest BCUT2D eigenvalue weighted by molar-refractivity contribution is 0.0580. The van der Waals surface area contributed by atoms with Gasteiger partial charge in [0, 0.05) is 37.2 Å². The fourth-order valence-electron chi connectivity index (χ4n) is 3.43. The van der Waals surface area contributed by atoms with Crippen molar-refractivity contribution in [1.82, 2.24) is 9.88 Å². The van der Waals surface area contributed by atoms with Gasteiger partial charge in [-0.15, -0.1) is 0 Å². The van der Waals surface area contributed by atoms with Crippen molar-refractivity contribution in [2.45, 2.75) is 38.1 Å². The number of nitrogens with zero attached hydrogens (tertiary/aromatic N) is 1. The van der Waals surface area contributed by atoms with E-state index in [0.717, 1.165) is 49.7 Å². The van der Waals surface area contributed by atoms with Crippen LogP contribution in [0.5, 0.6) is 0 Å². The molecule has 0 radical (unpaired) electrons. The molecule has 0 saturated carbocycles. The van der Waals surface area contributed by atoms with E-state index >= 15 is 0 Å². The number of likely N-dealkylation sites (tertiary alicyclic amines) is 1. The monoisotopic (exact) mass is 334 g/mol. The predicted octanol–water partition coefficient (Wildman–Crippen LogP) is 4.24. The van der Waals surface area contributed by atoms with Crippen LogP contribution in [0.25, 0.3) is 10.9 Å². The average Bonchev–Trinajstić information content (AvgIpc) is 2.92. The SMILES string of the molecule is COCCC[C@@H]1CCCCN1C(=O)c1[nH]c2ccccc2c1Cl. The molecule has 0 bridgehead atoms. The summed E-state index contributed by atoms with van der Waals surface area (Å²) in [4.78, 5) is 18.2. The Hall–Kier alpha value is -1.52. The van der Waals surface area contributed by atoms with E-state index in [0.29, 0.717) is 10.7 Å². The van der Waals surface area contributed by atoms with E-state index in [-0.39, 0.29) is 11.9 Å². The number of para-hydroxylation sites is 1. The van der Waals surface area contributed by atoms with E-state index in [1.165, 1.54) is 6.42 Å². The number of hydrogen-bond acceptors (Lipinski definition) is 2. The third-order valence-corrected chi connectivity index (χ3v) is 5.02. The minimum atomic E-state index is 0.0216. The number of methoxy groups -OCH3 is 1. The van der Waals surface area contributed by atoms with Gasteiger partial charge in [-0.3, -0.25) is 4.79 Å². The number of H-pyrrole nitrogens is 1. The van der Waals surface area contributed by atoms with Crippen LogP contribution >= 0.6 is 11.6 Å². The molecule has 1 saturated heterocycles. The number of rotatable bonds is 5. The summed E-state index contributed by atoms with van der Waals surface area (Å²) in [6.07, 6.45) is 5.27. The molecule has 1 aliphatic heterocycles. The van der Waals surface area contributed by atoms with Crippen molar-refractivity contribution in [3.63, 3.8) is 0 Å². The van der Waals surface area contributed by atoms with Crippen LogP contribution in [0.2, 0.25) is 5.02 Å². The standard InChI is InChI=1S/C18H23ClN2O2/c1-23-12-6-8-13-7-4-5-11-21(13)18(22)17-16(19)14-9-2-3-10-15(14)20-17/h2-3,9-10,13,20H,4-8,11-12H2,1H3/t13-/m0/s1. The van der Waals surface area contributed by atoms with E-state index in [9.17, 15) is 4.79 Å². The van der Waals surface area contributed by atoms with E-state index in [2.05, 4.69) is 4.98 Å². The number of nitrogens with one attached hydrogen (secondary N) is 1. The first kappa shape index (κ1) is 16.3. The Labute approximate surface area is 141 Å². The Bertz CT molecular complexity index is 683. The number of halogens is 1. The predicted molar refractivity (Wildman–Crippen MR) is 93.1 cm³/mol. The normalized spacial score (nSPS) is 18.5. The van der Waals surface area contributed by atoms with Crippen molar-refractivity contribution < 1.29 is 9.53 Å². The molecule has 4 nitrogen and oxygen atoms in total. The third-order valence-electron chi connectivity index (χ3n) is 4.63. The van der Waals surface area contributed by atoms with Crippen LogP contribution in [0.3, 0.4) is 0 Å². The average molecular weight is 335 g/mol. The van der Waals surface area contributed by atoms with Gasteiger partial charge < -0.3 is 14.6 Å². The lowest BCUT2D eigenvalue weighted by atomic mass is 9.97. The molecule has 1 aromatic heterocycles. The van der Waals surface area contributed by atoms with Crippen LogP contribution in [0.1, 0.15) is 42.6 Å². The van der Waals surface area contributed by atoms with Crippen LogP contribution < -0.4 is 0 Å². The summed E-state index contributed by atoms with van der Waals surface area (Å²) in [5.41, 5.74) is 1.43. The van der Waals surface area contributed by atoms with Crippen LogP contribution in [0, 0.1) is 0 Å². The van der Waals surface area contributed by atoms with E-state index in [1.54, 1.807) is 7.11 Å². The Morgan fingerprint density at radius 2 is 2.22 bits per heavy atom. The first-order valence-corrected chi connectivity index (χ1v) is 8.66. The lowest BCUT2D eigenvalue weighted by Crippen LogP contribution is -2.44. The van der Waals surface area contributed by atoms with Gasteiger partial charge in [0.15, 0.2) is 0 Å². The molecular formula is C18H23ClN2O2. The van der Waals surface area contributed by atoms with E-state index in [4.69, 9.17) is 16.3 Å². The summed E-state index contributed by atoms with van der Waals surface area (Å²) in [6.45, 7) is 1.55. The second-order valence-corrected chi connectivity index (χ2v) is 6.52. The van der Waals surface area contributed by atoms with E-state index in [1.807, 2.05) is 29.2 Å². The number of ether oxygens (including phenoxy) is 1. The molecule has 1 aliphatic rings. The van der Waals surface area contributed by atoms with Crippen molar-refractivity contribution >= 4 is 28.4 Å². The quantitative estimate of drug-likeness (QED) is 0.831. The summed E-state index contributed by atoms with van der Waals surface area (Å²) in [7, 11) is 1.72. The number of aromatic nitrogens is 1. The molecule has 1 atom stereocenters. The molecule has 2 aromatic rings. The zero-order valence-corrected chi connectivity index (χ0v) is 14.2. The van der Waals surface area contributed by atoms with Gasteiger partial charge in [-0.25, -0.2) is 0 Å². The molecule has 0 unspecified atom stereocenters. The number of amides is 1. The number of fused-ring (bicyclic) bond motifs is 1. The molecule has 1 N–H and O–H groups in total. The Balaban J connectivity index is 1.82. The van der Waals surface area contributed by atoms with Crippen LogP contribution in [0.15, 0.2) is 24.3 Å². The molecule has 23 heavy (non-hydrogen) atoms. The summed E-state index contributed by atoms with van der Waals surface area (Å²) in [5, 5.41) is 1.44. The first-order valence-electron chi connectivity index (χ1n) is 8.28. The lowest BCUT2D eigenvalue weighted by Gasteiger charge is -2.35. The van der Waals surface area contributed by atoms with Gasteiger partial charge in [0.25, 0.3) is 5.91 Å². The largest absolute Gasteiger partial charge is 0.385 e. The van der Waals surface area contributed by atoms with Crippen LogP contribution in [-0.4, -0.2) is 42.1 Å². The highest BCUT2D eigenvalue weighted by atomic mass is 35.5. The maximum atomic E-state index is 13.0. The molecule has 0 aliphatic carbocycles. The second kappa shape index (κ2) is 7.37. The smallest absolute Gasteiger partial charge is 0.272 e. The number of benzene rings is 1. The topological polar surface area (TPSA) is 45.3 Å². The third kappa shape index (κ3) is 3.38.